The first-order chi connectivity index (χ1) is 8.65. The van der Waals surface area contributed by atoms with E-state index in [1.165, 1.54) is 0 Å². The van der Waals surface area contributed by atoms with E-state index in [9.17, 15) is 9.90 Å². The first-order valence-corrected chi connectivity index (χ1v) is 6.69. The summed E-state index contributed by atoms with van der Waals surface area (Å²) < 4.78 is 6.35. The predicted molar refractivity (Wildman–Crippen MR) is 69.5 cm³/mol. The normalized spacial score (nSPS) is 19.5. The smallest absolute Gasteiger partial charge is 0.335 e. The molecule has 1 fully saturated rings. The molecule has 1 aromatic carbocycles. The van der Waals surface area contributed by atoms with Gasteiger partial charge < -0.3 is 9.84 Å². The van der Waals surface area contributed by atoms with E-state index >= 15 is 0 Å². The molecule has 1 unspecified atom stereocenters. The topological polar surface area (TPSA) is 59.4 Å². The standard InChI is InChI=1S/C13H13NO3S/c1-7-14-12-10(8-2-3-17-6-8)4-9(13(15)16)5-11(12)18-7/h4-5,8H,2-3,6H2,1H3,(H,15,16). The van der Waals surface area contributed by atoms with Crippen LogP contribution in [0.25, 0.3) is 10.2 Å². The molecule has 0 amide bonds. The van der Waals surface area contributed by atoms with Gasteiger partial charge >= 0.3 is 5.97 Å². The average Bonchev–Trinajstić information content (AvgIpc) is 2.94. The molecule has 1 aromatic heterocycles. The monoisotopic (exact) mass is 263 g/mol. The molecule has 1 aliphatic rings. The van der Waals surface area contributed by atoms with Crippen LogP contribution in [0, 0.1) is 6.92 Å². The minimum atomic E-state index is -0.886. The van der Waals surface area contributed by atoms with Crippen LogP contribution >= 0.6 is 11.3 Å². The molecule has 0 saturated carbocycles. The summed E-state index contributed by atoms with van der Waals surface area (Å²) in [5.74, 6) is -0.614. The van der Waals surface area contributed by atoms with E-state index < -0.39 is 5.97 Å². The third-order valence-electron chi connectivity index (χ3n) is 3.25. The summed E-state index contributed by atoms with van der Waals surface area (Å²) in [6.45, 7) is 3.35. The number of carbonyl (C=O) groups is 1. The van der Waals surface area contributed by atoms with Crippen LogP contribution in [-0.4, -0.2) is 29.3 Å². The molecular formula is C13H13NO3S. The molecule has 1 N–H and O–H groups in total. The second-order valence-corrected chi connectivity index (χ2v) is 5.75. The molecule has 0 spiro atoms. The molecule has 3 rings (SSSR count). The number of hydrogen-bond acceptors (Lipinski definition) is 4. The number of aryl methyl sites for hydroxylation is 1. The number of fused-ring (bicyclic) bond motifs is 1. The maximum absolute atomic E-state index is 11.2. The number of ether oxygens (including phenoxy) is 1. The highest BCUT2D eigenvalue weighted by Crippen LogP contribution is 2.34. The van der Waals surface area contributed by atoms with Crippen LogP contribution < -0.4 is 0 Å². The molecule has 0 aliphatic carbocycles. The minimum absolute atomic E-state index is 0.272. The molecule has 1 atom stereocenters. The SMILES string of the molecule is Cc1nc2c(C3CCOC3)cc(C(=O)O)cc2s1. The Morgan fingerprint density at radius 2 is 2.39 bits per heavy atom. The fraction of sp³-hybridized carbons (Fsp3) is 0.385. The number of hydrogen-bond donors (Lipinski definition) is 1. The number of nitrogens with zero attached hydrogens (tertiary/aromatic N) is 1. The number of aromatic nitrogens is 1. The summed E-state index contributed by atoms with van der Waals surface area (Å²) in [6, 6.07) is 3.46. The van der Waals surface area contributed by atoms with Crippen molar-refractivity contribution in [2.75, 3.05) is 13.2 Å². The minimum Gasteiger partial charge on any atom is -0.478 e. The lowest BCUT2D eigenvalue weighted by Crippen LogP contribution is -2.03. The van der Waals surface area contributed by atoms with E-state index in [0.717, 1.165) is 33.8 Å². The fourth-order valence-electron chi connectivity index (χ4n) is 2.38. The molecule has 5 heteroatoms. The number of benzene rings is 1. The van der Waals surface area contributed by atoms with Gasteiger partial charge in [-0.2, -0.15) is 0 Å². The van der Waals surface area contributed by atoms with E-state index in [4.69, 9.17) is 4.74 Å². The lowest BCUT2D eigenvalue weighted by molar-refractivity contribution is 0.0697. The van der Waals surface area contributed by atoms with Gasteiger partial charge in [0, 0.05) is 12.5 Å². The van der Waals surface area contributed by atoms with Crippen LogP contribution in [0.15, 0.2) is 12.1 Å². The molecule has 0 bridgehead atoms. The molecule has 4 nitrogen and oxygen atoms in total. The van der Waals surface area contributed by atoms with Crippen molar-refractivity contribution in [3.63, 3.8) is 0 Å². The number of aromatic carboxylic acids is 1. The summed E-state index contributed by atoms with van der Waals surface area (Å²) in [7, 11) is 0. The Bertz CT molecular complexity index is 614. The van der Waals surface area contributed by atoms with Gasteiger partial charge in [-0.1, -0.05) is 0 Å². The Hall–Kier alpha value is -1.46. The van der Waals surface area contributed by atoms with E-state index in [1.54, 1.807) is 23.5 Å². The Morgan fingerprint density at radius 1 is 1.56 bits per heavy atom. The van der Waals surface area contributed by atoms with Crippen molar-refractivity contribution in [3.8, 4) is 0 Å². The van der Waals surface area contributed by atoms with Gasteiger partial charge in [0.1, 0.15) is 0 Å². The third kappa shape index (κ3) is 1.89. The van der Waals surface area contributed by atoms with Gasteiger partial charge in [0.15, 0.2) is 0 Å². The summed E-state index contributed by atoms with van der Waals surface area (Å²) in [4.78, 5) is 15.7. The van der Waals surface area contributed by atoms with Gasteiger partial charge in [-0.05, 0) is 31.0 Å². The van der Waals surface area contributed by atoms with Crippen LogP contribution in [0.1, 0.15) is 33.3 Å². The number of thiazole rings is 1. The Balaban J connectivity index is 2.22. The average molecular weight is 263 g/mol. The number of rotatable bonds is 2. The highest BCUT2D eigenvalue weighted by molar-refractivity contribution is 7.18. The molecular weight excluding hydrogens is 250 g/mol. The van der Waals surface area contributed by atoms with Crippen LogP contribution in [0.4, 0.5) is 0 Å². The van der Waals surface area contributed by atoms with Crippen molar-refractivity contribution in [1.82, 2.24) is 4.98 Å². The van der Waals surface area contributed by atoms with Gasteiger partial charge in [-0.15, -0.1) is 11.3 Å². The predicted octanol–water partition coefficient (Wildman–Crippen LogP) is 2.81. The molecule has 1 aliphatic heterocycles. The van der Waals surface area contributed by atoms with E-state index in [0.29, 0.717) is 12.2 Å². The Kier molecular flexibility index (Phi) is 2.80. The second-order valence-electron chi connectivity index (χ2n) is 4.51. The highest BCUT2D eigenvalue weighted by atomic mass is 32.1. The maximum atomic E-state index is 11.2. The summed E-state index contributed by atoms with van der Waals surface area (Å²) >= 11 is 1.54. The second kappa shape index (κ2) is 4.33. The molecule has 2 heterocycles. The van der Waals surface area contributed by atoms with Gasteiger partial charge in [0.05, 0.1) is 27.4 Å². The first kappa shape index (κ1) is 11.6. The Labute approximate surface area is 108 Å². The quantitative estimate of drug-likeness (QED) is 0.905. The highest BCUT2D eigenvalue weighted by Gasteiger charge is 2.23. The van der Waals surface area contributed by atoms with E-state index in [1.807, 2.05) is 6.92 Å². The third-order valence-corrected chi connectivity index (χ3v) is 4.17. The van der Waals surface area contributed by atoms with Crippen LogP contribution in [0.3, 0.4) is 0 Å². The zero-order chi connectivity index (χ0) is 12.7. The summed E-state index contributed by atoms with van der Waals surface area (Å²) in [6.07, 6.45) is 0.939. The van der Waals surface area contributed by atoms with Crippen molar-refractivity contribution < 1.29 is 14.6 Å². The molecule has 1 saturated heterocycles. The molecule has 94 valence electrons. The van der Waals surface area contributed by atoms with Gasteiger partial charge in [0.25, 0.3) is 0 Å². The van der Waals surface area contributed by atoms with Gasteiger partial charge in [0.2, 0.25) is 0 Å². The summed E-state index contributed by atoms with van der Waals surface area (Å²) in [5, 5.41) is 10.1. The summed E-state index contributed by atoms with van der Waals surface area (Å²) in [5.41, 5.74) is 2.30. The fourth-order valence-corrected chi connectivity index (χ4v) is 3.28. The maximum Gasteiger partial charge on any atom is 0.335 e. The van der Waals surface area contributed by atoms with E-state index in [-0.39, 0.29) is 5.92 Å². The largest absolute Gasteiger partial charge is 0.478 e. The zero-order valence-electron chi connectivity index (χ0n) is 9.97. The zero-order valence-corrected chi connectivity index (χ0v) is 10.8. The number of carboxylic acids is 1. The van der Waals surface area contributed by atoms with Crippen molar-refractivity contribution >= 4 is 27.5 Å². The van der Waals surface area contributed by atoms with E-state index in [2.05, 4.69) is 4.98 Å². The van der Waals surface area contributed by atoms with Gasteiger partial charge in [-0.25, -0.2) is 9.78 Å². The molecule has 18 heavy (non-hydrogen) atoms. The van der Waals surface area contributed by atoms with Crippen molar-refractivity contribution in [3.05, 3.63) is 28.3 Å². The lowest BCUT2D eigenvalue weighted by Gasteiger charge is -2.09. The van der Waals surface area contributed by atoms with Crippen LogP contribution in [0.2, 0.25) is 0 Å². The molecule has 0 radical (unpaired) electrons. The van der Waals surface area contributed by atoms with Crippen molar-refractivity contribution in [2.45, 2.75) is 19.3 Å². The lowest BCUT2D eigenvalue weighted by atomic mass is 9.95. The first-order valence-electron chi connectivity index (χ1n) is 5.87. The van der Waals surface area contributed by atoms with Crippen molar-refractivity contribution in [1.29, 1.82) is 0 Å². The number of carboxylic acid groups (broad SMARTS) is 1. The van der Waals surface area contributed by atoms with Crippen LogP contribution in [-0.2, 0) is 4.74 Å². The van der Waals surface area contributed by atoms with Gasteiger partial charge in [-0.3, -0.25) is 0 Å². The Morgan fingerprint density at radius 3 is 3.06 bits per heavy atom. The van der Waals surface area contributed by atoms with Crippen molar-refractivity contribution in [2.24, 2.45) is 0 Å². The van der Waals surface area contributed by atoms with Crippen LogP contribution in [0.5, 0.6) is 0 Å². The molecule has 2 aromatic rings.